The van der Waals surface area contributed by atoms with Crippen molar-refractivity contribution in [2.75, 3.05) is 13.6 Å². The van der Waals surface area contributed by atoms with Crippen molar-refractivity contribution in [3.05, 3.63) is 34.9 Å². The van der Waals surface area contributed by atoms with Gasteiger partial charge in [-0.3, -0.25) is 4.90 Å². The van der Waals surface area contributed by atoms with E-state index < -0.39 is 0 Å². The molecule has 0 saturated heterocycles. The molecule has 0 amide bonds. The zero-order chi connectivity index (χ0) is 11.8. The van der Waals surface area contributed by atoms with Crippen LogP contribution >= 0.6 is 11.6 Å². The monoisotopic (exact) mass is 238 g/mol. The zero-order valence-corrected chi connectivity index (χ0v) is 10.7. The van der Waals surface area contributed by atoms with Crippen LogP contribution in [0.5, 0.6) is 0 Å². The average Bonchev–Trinajstić information content (AvgIpc) is 2.95. The number of nitrogens with two attached hydrogens (primary N) is 1. The third-order valence-corrected chi connectivity index (χ3v) is 3.82. The van der Waals surface area contributed by atoms with Crippen molar-refractivity contribution in [3.8, 4) is 0 Å². The molecule has 2 N–H and O–H groups in total. The minimum atomic E-state index is 0.0598. The number of nitrogens with zero attached hydrogens (tertiary/aromatic N) is 1. The third-order valence-electron chi connectivity index (χ3n) is 3.47. The van der Waals surface area contributed by atoms with Gasteiger partial charge in [0.1, 0.15) is 0 Å². The van der Waals surface area contributed by atoms with Crippen LogP contribution in [0, 0.1) is 0 Å². The third kappa shape index (κ3) is 2.57. The Morgan fingerprint density at radius 1 is 1.44 bits per heavy atom. The molecule has 1 aromatic carbocycles. The molecule has 0 aromatic heterocycles. The molecule has 1 aliphatic rings. The van der Waals surface area contributed by atoms with Gasteiger partial charge >= 0.3 is 0 Å². The van der Waals surface area contributed by atoms with E-state index in [2.05, 4.69) is 24.9 Å². The molecule has 2 rings (SSSR count). The van der Waals surface area contributed by atoms with Crippen LogP contribution in [0.1, 0.15) is 31.4 Å². The molecule has 1 unspecified atom stereocenters. The fourth-order valence-electron chi connectivity index (χ4n) is 2.00. The second-order valence-corrected chi connectivity index (χ2v) is 5.38. The molecule has 3 heteroatoms. The van der Waals surface area contributed by atoms with E-state index >= 15 is 0 Å². The first kappa shape index (κ1) is 11.9. The fraction of sp³-hybridized carbons (Fsp3) is 0.538. The maximum absolute atomic E-state index is 6.19. The highest BCUT2D eigenvalue weighted by molar-refractivity contribution is 6.31. The molecule has 88 valence electrons. The topological polar surface area (TPSA) is 29.3 Å². The van der Waals surface area contributed by atoms with E-state index in [-0.39, 0.29) is 5.54 Å². The van der Waals surface area contributed by atoms with Crippen molar-refractivity contribution < 1.29 is 0 Å². The summed E-state index contributed by atoms with van der Waals surface area (Å²) in [6, 6.07) is 8.33. The predicted octanol–water partition coefficient (Wildman–Crippen LogP) is 2.82. The van der Waals surface area contributed by atoms with Crippen LogP contribution in [0.25, 0.3) is 0 Å². The number of likely N-dealkylation sites (N-methyl/N-ethyl adjacent to an activating group) is 1. The van der Waals surface area contributed by atoms with Crippen molar-refractivity contribution in [1.82, 2.24) is 4.90 Å². The van der Waals surface area contributed by atoms with Crippen LogP contribution in [0.2, 0.25) is 5.02 Å². The number of hydrogen-bond acceptors (Lipinski definition) is 2. The quantitative estimate of drug-likeness (QED) is 0.874. The smallest absolute Gasteiger partial charge is 0.0453 e. The molecular formula is C13H19ClN2. The standard InChI is InChI=1S/C13H19ClN2/c1-10(11-5-3-4-6-12(11)14)16(2)9-13(15)7-8-13/h3-6,10H,7-9,15H2,1-2H3. The summed E-state index contributed by atoms with van der Waals surface area (Å²) in [5.41, 5.74) is 7.36. The first-order chi connectivity index (χ1) is 7.52. The van der Waals surface area contributed by atoms with Gasteiger partial charge in [0, 0.05) is 23.1 Å². The molecule has 1 saturated carbocycles. The SMILES string of the molecule is CC(c1ccccc1Cl)N(C)CC1(N)CC1. The Morgan fingerprint density at radius 3 is 2.62 bits per heavy atom. The number of halogens is 1. The Balaban J connectivity index is 2.06. The van der Waals surface area contributed by atoms with Crippen molar-refractivity contribution >= 4 is 11.6 Å². The number of benzene rings is 1. The molecule has 0 bridgehead atoms. The van der Waals surface area contributed by atoms with Gasteiger partial charge in [0.05, 0.1) is 0 Å². The van der Waals surface area contributed by atoms with E-state index in [4.69, 9.17) is 17.3 Å². The number of rotatable bonds is 4. The summed E-state index contributed by atoms with van der Waals surface area (Å²) in [7, 11) is 2.11. The van der Waals surface area contributed by atoms with E-state index in [0.29, 0.717) is 6.04 Å². The molecule has 1 atom stereocenters. The maximum atomic E-state index is 6.19. The summed E-state index contributed by atoms with van der Waals surface area (Å²) in [5, 5.41) is 0.837. The molecule has 0 heterocycles. The summed E-state index contributed by atoms with van der Waals surface area (Å²) in [6.45, 7) is 3.12. The summed E-state index contributed by atoms with van der Waals surface area (Å²) < 4.78 is 0. The van der Waals surface area contributed by atoms with Crippen LogP contribution in [0.4, 0.5) is 0 Å². The van der Waals surface area contributed by atoms with E-state index in [0.717, 1.165) is 24.4 Å². The lowest BCUT2D eigenvalue weighted by atomic mass is 10.1. The van der Waals surface area contributed by atoms with Crippen LogP contribution in [0.3, 0.4) is 0 Å². The Morgan fingerprint density at radius 2 is 2.06 bits per heavy atom. The van der Waals surface area contributed by atoms with Gasteiger partial charge in [0.25, 0.3) is 0 Å². The van der Waals surface area contributed by atoms with Gasteiger partial charge in [0.2, 0.25) is 0 Å². The van der Waals surface area contributed by atoms with E-state index in [9.17, 15) is 0 Å². The summed E-state index contributed by atoms with van der Waals surface area (Å²) >= 11 is 6.19. The zero-order valence-electron chi connectivity index (χ0n) is 9.91. The van der Waals surface area contributed by atoms with Crippen molar-refractivity contribution in [1.29, 1.82) is 0 Å². The van der Waals surface area contributed by atoms with E-state index in [1.54, 1.807) is 0 Å². The highest BCUT2D eigenvalue weighted by Crippen LogP contribution is 2.35. The fourth-order valence-corrected chi connectivity index (χ4v) is 2.30. The van der Waals surface area contributed by atoms with Gasteiger partial charge in [0.15, 0.2) is 0 Å². The van der Waals surface area contributed by atoms with Gasteiger partial charge in [-0.1, -0.05) is 29.8 Å². The van der Waals surface area contributed by atoms with Crippen molar-refractivity contribution in [2.24, 2.45) is 5.73 Å². The lowest BCUT2D eigenvalue weighted by Crippen LogP contribution is -2.38. The predicted molar refractivity (Wildman–Crippen MR) is 68.6 cm³/mol. The Kier molecular flexibility index (Phi) is 3.24. The Labute approximate surface area is 102 Å². The lowest BCUT2D eigenvalue weighted by Gasteiger charge is -2.28. The molecule has 0 spiro atoms. The normalized spacial score (nSPS) is 19.8. The molecule has 1 fully saturated rings. The van der Waals surface area contributed by atoms with E-state index in [1.165, 1.54) is 5.56 Å². The van der Waals surface area contributed by atoms with Gasteiger partial charge in [-0.25, -0.2) is 0 Å². The lowest BCUT2D eigenvalue weighted by molar-refractivity contribution is 0.239. The molecule has 0 radical (unpaired) electrons. The second-order valence-electron chi connectivity index (χ2n) is 4.97. The highest BCUT2D eigenvalue weighted by Gasteiger charge is 2.39. The van der Waals surface area contributed by atoms with Gasteiger partial charge in [-0.2, -0.15) is 0 Å². The van der Waals surface area contributed by atoms with Crippen LogP contribution in [-0.2, 0) is 0 Å². The Hall–Kier alpha value is -0.570. The first-order valence-corrected chi connectivity index (χ1v) is 6.13. The summed E-state index contributed by atoms with van der Waals surface area (Å²) in [6.07, 6.45) is 2.29. The average molecular weight is 239 g/mol. The summed E-state index contributed by atoms with van der Waals surface area (Å²) in [5.74, 6) is 0. The van der Waals surface area contributed by atoms with Gasteiger partial charge in [-0.15, -0.1) is 0 Å². The van der Waals surface area contributed by atoms with E-state index in [1.807, 2.05) is 18.2 Å². The van der Waals surface area contributed by atoms with Crippen LogP contribution < -0.4 is 5.73 Å². The Bertz CT molecular complexity index is 374. The largest absolute Gasteiger partial charge is 0.324 e. The molecule has 16 heavy (non-hydrogen) atoms. The van der Waals surface area contributed by atoms with Crippen LogP contribution in [0.15, 0.2) is 24.3 Å². The molecule has 1 aromatic rings. The highest BCUT2D eigenvalue weighted by atomic mass is 35.5. The summed E-state index contributed by atoms with van der Waals surface area (Å²) in [4.78, 5) is 2.29. The van der Waals surface area contributed by atoms with Gasteiger partial charge < -0.3 is 5.73 Å². The molecule has 0 aliphatic heterocycles. The van der Waals surface area contributed by atoms with Crippen LogP contribution in [-0.4, -0.2) is 24.0 Å². The van der Waals surface area contributed by atoms with Crippen molar-refractivity contribution in [3.63, 3.8) is 0 Å². The van der Waals surface area contributed by atoms with Crippen molar-refractivity contribution in [2.45, 2.75) is 31.3 Å². The second kappa shape index (κ2) is 4.36. The maximum Gasteiger partial charge on any atom is 0.0453 e. The van der Waals surface area contributed by atoms with Gasteiger partial charge in [-0.05, 0) is 38.4 Å². The molecular weight excluding hydrogens is 220 g/mol. The molecule has 2 nitrogen and oxygen atoms in total. The molecule has 1 aliphatic carbocycles. The number of hydrogen-bond donors (Lipinski definition) is 1. The minimum absolute atomic E-state index is 0.0598. The minimum Gasteiger partial charge on any atom is -0.324 e. The first-order valence-electron chi connectivity index (χ1n) is 5.75.